The van der Waals surface area contributed by atoms with Gasteiger partial charge in [-0.1, -0.05) is 12.1 Å². The molecule has 0 radical (unpaired) electrons. The number of rotatable bonds is 5. The zero-order valence-corrected chi connectivity index (χ0v) is 10.6. The predicted molar refractivity (Wildman–Crippen MR) is 54.1 cm³/mol. The summed E-state index contributed by atoms with van der Waals surface area (Å²) in [4.78, 5) is 0. The van der Waals surface area contributed by atoms with E-state index in [1.54, 1.807) is 0 Å². The molecule has 4 heteroatoms. The van der Waals surface area contributed by atoms with Crippen molar-refractivity contribution in [1.82, 2.24) is 9.13 Å². The van der Waals surface area contributed by atoms with Gasteiger partial charge in [-0.25, -0.2) is 0 Å². The van der Waals surface area contributed by atoms with E-state index in [1.807, 2.05) is 0 Å². The van der Waals surface area contributed by atoms with E-state index < -0.39 is 0 Å². The molecule has 0 rings (SSSR count). The van der Waals surface area contributed by atoms with Crippen LogP contribution >= 0.6 is 0 Å². The summed E-state index contributed by atoms with van der Waals surface area (Å²) in [6.07, 6.45) is 0. The first kappa shape index (κ1) is 10.4. The van der Waals surface area contributed by atoms with Gasteiger partial charge in [-0.05, 0) is 28.2 Å². The van der Waals surface area contributed by atoms with Crippen molar-refractivity contribution in [2.75, 3.05) is 28.2 Å². The average Bonchev–Trinajstić information content (AvgIpc) is 1.79. The Morgan fingerprint density at radius 1 is 0.800 bits per heavy atom. The second-order valence-corrected chi connectivity index (χ2v) is 8.15. The van der Waals surface area contributed by atoms with Crippen molar-refractivity contribution >= 4 is 19.4 Å². The summed E-state index contributed by atoms with van der Waals surface area (Å²) >= 11 is 0. The minimum Gasteiger partial charge on any atom is -0.334 e. The molecule has 0 saturated heterocycles. The molecule has 0 aromatic rings. The van der Waals surface area contributed by atoms with E-state index in [4.69, 9.17) is 0 Å². The molecule has 0 saturated carbocycles. The monoisotopic (exact) mass is 176 g/mol. The van der Waals surface area contributed by atoms with Crippen LogP contribution in [0.2, 0.25) is 12.1 Å². The van der Waals surface area contributed by atoms with E-state index in [2.05, 4.69) is 37.3 Å². The van der Waals surface area contributed by atoms with Crippen LogP contribution in [-0.2, 0) is 0 Å². The molecule has 0 heterocycles. The molecule has 0 aromatic heterocycles. The van der Waals surface area contributed by atoms with Crippen LogP contribution in [0.3, 0.4) is 0 Å². The molecular weight excluding hydrogens is 156 g/mol. The maximum absolute atomic E-state index is 2.39. The normalized spacial score (nSPS) is 13.8. The third-order valence-corrected chi connectivity index (χ3v) is 5.88. The van der Waals surface area contributed by atoms with Crippen LogP contribution in [-0.4, -0.2) is 56.7 Å². The number of hydrogen-bond donors (Lipinski definition) is 0. The van der Waals surface area contributed by atoms with E-state index in [0.29, 0.717) is 0 Å². The highest BCUT2D eigenvalue weighted by Crippen LogP contribution is 1.90. The molecule has 0 amide bonds. The highest BCUT2D eigenvalue weighted by Gasteiger charge is 1.93. The molecule has 0 aromatic carbocycles. The molecule has 0 aliphatic rings. The van der Waals surface area contributed by atoms with Gasteiger partial charge in [-0.15, -0.1) is 0 Å². The quantitative estimate of drug-likeness (QED) is 0.396. The lowest BCUT2D eigenvalue weighted by Gasteiger charge is -2.10. The molecule has 0 bridgehead atoms. The second kappa shape index (κ2) is 6.09. The Kier molecular flexibility index (Phi) is 6.30. The van der Waals surface area contributed by atoms with E-state index in [0.717, 1.165) is 0 Å². The van der Waals surface area contributed by atoms with Crippen molar-refractivity contribution in [3.63, 3.8) is 0 Å². The summed E-state index contributed by atoms with van der Waals surface area (Å²) in [5.74, 6) is 0. The summed E-state index contributed by atoms with van der Waals surface area (Å²) < 4.78 is 4.79. The lowest BCUT2D eigenvalue weighted by molar-refractivity contribution is 0.649. The van der Waals surface area contributed by atoms with Crippen molar-refractivity contribution in [3.8, 4) is 0 Å². The summed E-state index contributed by atoms with van der Waals surface area (Å²) in [7, 11) is 9.08. The first-order valence-electron chi connectivity index (χ1n) is 3.92. The Morgan fingerprint density at radius 3 is 1.30 bits per heavy atom. The van der Waals surface area contributed by atoms with E-state index in [9.17, 15) is 0 Å². The van der Waals surface area contributed by atoms with Gasteiger partial charge in [0.25, 0.3) is 0 Å². The Morgan fingerprint density at radius 2 is 1.10 bits per heavy atom. The minimum absolute atomic E-state index is 0.145. The Labute approximate surface area is 69.4 Å². The number of hydrogen-bond acceptors (Lipinski definition) is 2. The maximum Gasteiger partial charge on any atom is 0.0941 e. The van der Waals surface area contributed by atoms with Crippen LogP contribution in [0.25, 0.3) is 0 Å². The van der Waals surface area contributed by atoms with Crippen LogP contribution in [0, 0.1) is 0 Å². The molecular formula is C6H20N2Si2. The van der Waals surface area contributed by atoms with Crippen LogP contribution in [0.5, 0.6) is 0 Å². The van der Waals surface area contributed by atoms with Crippen LogP contribution in [0.4, 0.5) is 0 Å². The summed E-state index contributed by atoms with van der Waals surface area (Å²) in [6.45, 7) is 0. The van der Waals surface area contributed by atoms with Crippen molar-refractivity contribution in [1.29, 1.82) is 0 Å². The van der Waals surface area contributed by atoms with E-state index in [1.165, 1.54) is 12.1 Å². The fraction of sp³-hybridized carbons (Fsp3) is 1.00. The SMILES string of the molecule is CN(C)[SiH2]CC[SiH2]N(C)C. The molecule has 0 fully saturated rings. The third kappa shape index (κ3) is 8.35. The molecule has 0 unspecified atom stereocenters. The molecule has 2 nitrogen and oxygen atoms in total. The zero-order valence-electron chi connectivity index (χ0n) is 7.72. The van der Waals surface area contributed by atoms with Gasteiger partial charge in [0.1, 0.15) is 0 Å². The number of nitrogens with zero attached hydrogens (tertiary/aromatic N) is 2. The van der Waals surface area contributed by atoms with Gasteiger partial charge in [0.15, 0.2) is 0 Å². The largest absolute Gasteiger partial charge is 0.334 e. The smallest absolute Gasteiger partial charge is 0.0941 e. The first-order valence-corrected chi connectivity index (χ1v) is 7.19. The van der Waals surface area contributed by atoms with Gasteiger partial charge < -0.3 is 9.13 Å². The van der Waals surface area contributed by atoms with E-state index >= 15 is 0 Å². The molecule has 62 valence electrons. The molecule has 0 spiro atoms. The van der Waals surface area contributed by atoms with Crippen molar-refractivity contribution in [2.45, 2.75) is 12.1 Å². The lowest BCUT2D eigenvalue weighted by Crippen LogP contribution is -2.21. The van der Waals surface area contributed by atoms with Crippen molar-refractivity contribution < 1.29 is 0 Å². The maximum atomic E-state index is 2.39. The third-order valence-electron chi connectivity index (χ3n) is 1.46. The Balaban J connectivity index is 2.91. The molecule has 10 heavy (non-hydrogen) atoms. The zero-order chi connectivity index (χ0) is 7.98. The van der Waals surface area contributed by atoms with Gasteiger partial charge in [0, 0.05) is 0 Å². The summed E-state index contributed by atoms with van der Waals surface area (Å²) in [5, 5.41) is 0. The van der Waals surface area contributed by atoms with Gasteiger partial charge in [0.05, 0.1) is 19.4 Å². The molecule has 0 N–H and O–H groups in total. The second-order valence-electron chi connectivity index (χ2n) is 3.31. The van der Waals surface area contributed by atoms with Crippen LogP contribution in [0.15, 0.2) is 0 Å². The predicted octanol–water partition coefficient (Wildman–Crippen LogP) is -0.886. The lowest BCUT2D eigenvalue weighted by atomic mass is 10.9. The highest BCUT2D eigenvalue weighted by atomic mass is 28.2. The standard InChI is InChI=1S/C6H20N2Si2/c1-7(2)9-5-6-10-8(3)4/h5-6,9-10H2,1-4H3. The van der Waals surface area contributed by atoms with Crippen LogP contribution in [0.1, 0.15) is 0 Å². The molecule has 0 aliphatic heterocycles. The fourth-order valence-electron chi connectivity index (χ4n) is 0.856. The van der Waals surface area contributed by atoms with E-state index in [-0.39, 0.29) is 19.4 Å². The highest BCUT2D eigenvalue weighted by molar-refractivity contribution is 6.38. The van der Waals surface area contributed by atoms with Crippen molar-refractivity contribution in [2.24, 2.45) is 0 Å². The Bertz CT molecular complexity index is 66.1. The topological polar surface area (TPSA) is 6.48 Å². The summed E-state index contributed by atoms with van der Waals surface area (Å²) in [5.41, 5.74) is 0. The van der Waals surface area contributed by atoms with Gasteiger partial charge in [0.2, 0.25) is 0 Å². The minimum atomic E-state index is 0.145. The van der Waals surface area contributed by atoms with Gasteiger partial charge >= 0.3 is 0 Å². The average molecular weight is 176 g/mol. The van der Waals surface area contributed by atoms with Crippen molar-refractivity contribution in [3.05, 3.63) is 0 Å². The fourth-order valence-corrected chi connectivity index (χ4v) is 3.91. The molecule has 0 aliphatic carbocycles. The van der Waals surface area contributed by atoms with Crippen LogP contribution < -0.4 is 0 Å². The van der Waals surface area contributed by atoms with Gasteiger partial charge in [-0.3, -0.25) is 0 Å². The first-order chi connectivity index (χ1) is 4.63. The Hall–Kier alpha value is 0.354. The molecule has 0 atom stereocenters. The van der Waals surface area contributed by atoms with Gasteiger partial charge in [-0.2, -0.15) is 0 Å². The summed E-state index contributed by atoms with van der Waals surface area (Å²) in [6, 6.07) is 3.02.